The number of carbonyl (C=O) groups excluding carboxylic acids is 2. The van der Waals surface area contributed by atoms with Crippen molar-refractivity contribution in [3.8, 4) is 0 Å². The van der Waals surface area contributed by atoms with Crippen LogP contribution in [0.25, 0.3) is 10.9 Å². The molecular formula is C24H28Cl2N6O5S2. The van der Waals surface area contributed by atoms with E-state index >= 15 is 0 Å². The zero-order valence-corrected chi connectivity index (χ0v) is 24.3. The summed E-state index contributed by atoms with van der Waals surface area (Å²) in [4.78, 5) is 40.0. The lowest BCUT2D eigenvalue weighted by Gasteiger charge is -2.41. The topological polar surface area (TPSA) is 119 Å². The van der Waals surface area contributed by atoms with Gasteiger partial charge in [0, 0.05) is 66.5 Å². The van der Waals surface area contributed by atoms with Crippen LogP contribution in [0.5, 0.6) is 0 Å². The van der Waals surface area contributed by atoms with Crippen molar-refractivity contribution >= 4 is 68.3 Å². The van der Waals surface area contributed by atoms with Crippen molar-refractivity contribution in [2.75, 3.05) is 52.9 Å². The maximum absolute atomic E-state index is 13.7. The molecule has 0 aliphatic carbocycles. The SMILES string of the molecule is CN1CCc2nc(C(=O)N3CCN(S(=O)(=O)c4cc5cc(Cl)ccc5[nH]4)CC3CN3CCOC3=O)sc2C1.Cl. The molecule has 15 heteroatoms. The summed E-state index contributed by atoms with van der Waals surface area (Å²) in [5, 5.41) is 1.67. The average Bonchev–Trinajstić information content (AvgIpc) is 3.61. The lowest BCUT2D eigenvalue weighted by Crippen LogP contribution is -2.59. The maximum Gasteiger partial charge on any atom is 0.410 e. The standard InChI is InChI=1S/C24H27ClN6O5S2.ClH/c1-28-5-4-19-20(14-28)37-22(27-19)23(32)31-7-6-30(13-17(31)12-29-8-9-36-24(29)33)38(34,35)21-11-15-10-16(25)2-3-18(15)26-21;/h2-3,10-11,17,26H,4-9,12-14H2,1H3;1H. The fraction of sp³-hybridized carbons (Fsp3) is 0.458. The molecule has 2 saturated heterocycles. The van der Waals surface area contributed by atoms with Crippen LogP contribution in [-0.2, 0) is 27.7 Å². The number of ether oxygens (including phenoxy) is 1. The molecule has 1 aromatic carbocycles. The first-order valence-corrected chi connectivity index (χ1v) is 15.0. The summed E-state index contributed by atoms with van der Waals surface area (Å²) in [7, 11) is -1.86. The largest absolute Gasteiger partial charge is 0.448 e. The smallest absolute Gasteiger partial charge is 0.410 e. The van der Waals surface area contributed by atoms with Crippen molar-refractivity contribution in [2.45, 2.75) is 24.0 Å². The van der Waals surface area contributed by atoms with Gasteiger partial charge in [-0.3, -0.25) is 4.79 Å². The van der Waals surface area contributed by atoms with Gasteiger partial charge in [0.25, 0.3) is 15.9 Å². The van der Waals surface area contributed by atoms with Crippen LogP contribution in [0, 0.1) is 0 Å². The molecule has 0 saturated carbocycles. The van der Waals surface area contributed by atoms with Gasteiger partial charge >= 0.3 is 6.09 Å². The summed E-state index contributed by atoms with van der Waals surface area (Å²) in [6.07, 6.45) is 0.332. The molecule has 0 radical (unpaired) electrons. The summed E-state index contributed by atoms with van der Waals surface area (Å²) in [6, 6.07) is 6.15. The first kappa shape index (κ1) is 28.1. The number of hydrogen-bond donors (Lipinski definition) is 1. The monoisotopic (exact) mass is 614 g/mol. The number of hydrogen-bond acceptors (Lipinski definition) is 8. The van der Waals surface area contributed by atoms with Crippen LogP contribution in [0.2, 0.25) is 5.02 Å². The predicted molar refractivity (Wildman–Crippen MR) is 149 cm³/mol. The van der Waals surface area contributed by atoms with Crippen molar-refractivity contribution in [3.05, 3.63) is 44.9 Å². The molecule has 11 nitrogen and oxygen atoms in total. The number of H-pyrrole nitrogens is 1. The van der Waals surface area contributed by atoms with Gasteiger partial charge in [-0.15, -0.1) is 23.7 Å². The van der Waals surface area contributed by atoms with Gasteiger partial charge in [-0.05, 0) is 31.3 Å². The van der Waals surface area contributed by atoms with Crippen LogP contribution in [-0.4, -0.2) is 108 Å². The van der Waals surface area contributed by atoms with Crippen molar-refractivity contribution < 1.29 is 22.7 Å². The van der Waals surface area contributed by atoms with Gasteiger partial charge < -0.3 is 24.4 Å². The van der Waals surface area contributed by atoms with Crippen molar-refractivity contribution in [1.29, 1.82) is 0 Å². The zero-order valence-electron chi connectivity index (χ0n) is 21.1. The number of carbonyl (C=O) groups is 2. The molecule has 210 valence electrons. The van der Waals surface area contributed by atoms with Gasteiger partial charge in [0.2, 0.25) is 0 Å². The van der Waals surface area contributed by atoms with E-state index in [1.165, 1.54) is 20.5 Å². The molecule has 0 spiro atoms. The van der Waals surface area contributed by atoms with E-state index in [9.17, 15) is 18.0 Å². The number of sulfonamides is 1. The van der Waals surface area contributed by atoms with Gasteiger partial charge in [-0.25, -0.2) is 18.2 Å². The summed E-state index contributed by atoms with van der Waals surface area (Å²) >= 11 is 7.48. The number of likely N-dealkylation sites (N-methyl/N-ethyl adjacent to an activating group) is 1. The Morgan fingerprint density at radius 1 is 1.23 bits per heavy atom. The van der Waals surface area contributed by atoms with Gasteiger partial charge in [0.15, 0.2) is 5.01 Å². The highest BCUT2D eigenvalue weighted by Crippen LogP contribution is 2.29. The number of nitrogens with one attached hydrogen (secondary N) is 1. The number of rotatable bonds is 5. The highest BCUT2D eigenvalue weighted by Gasteiger charge is 2.40. The summed E-state index contributed by atoms with van der Waals surface area (Å²) < 4.78 is 33.7. The fourth-order valence-electron chi connectivity index (χ4n) is 5.21. The van der Waals surface area contributed by atoms with Crippen molar-refractivity contribution in [3.63, 3.8) is 0 Å². The second-order valence-electron chi connectivity index (χ2n) is 9.82. The lowest BCUT2D eigenvalue weighted by atomic mass is 10.1. The lowest BCUT2D eigenvalue weighted by molar-refractivity contribution is 0.0512. The van der Waals surface area contributed by atoms with E-state index in [2.05, 4.69) is 14.9 Å². The highest BCUT2D eigenvalue weighted by atomic mass is 35.5. The third kappa shape index (κ3) is 5.35. The fourth-order valence-corrected chi connectivity index (χ4v) is 8.02. The molecule has 1 unspecified atom stereocenters. The van der Waals surface area contributed by atoms with E-state index < -0.39 is 22.2 Å². The first-order valence-electron chi connectivity index (χ1n) is 12.4. The first-order chi connectivity index (χ1) is 18.2. The zero-order chi connectivity index (χ0) is 26.6. The number of aromatic nitrogens is 2. The number of aromatic amines is 1. The summed E-state index contributed by atoms with van der Waals surface area (Å²) in [5.74, 6) is -0.234. The summed E-state index contributed by atoms with van der Waals surface area (Å²) in [6.45, 7) is 2.83. The Hall–Kier alpha value is -2.42. The van der Waals surface area contributed by atoms with Gasteiger partial charge in [-0.1, -0.05) is 11.6 Å². The highest BCUT2D eigenvalue weighted by molar-refractivity contribution is 7.89. The van der Waals surface area contributed by atoms with E-state index in [0.29, 0.717) is 27.5 Å². The number of nitrogens with zero attached hydrogens (tertiary/aromatic N) is 5. The van der Waals surface area contributed by atoms with Gasteiger partial charge in [0.1, 0.15) is 11.6 Å². The molecule has 39 heavy (non-hydrogen) atoms. The second kappa shape index (κ2) is 10.9. The Kier molecular flexibility index (Phi) is 7.83. The van der Waals surface area contributed by atoms with E-state index in [4.69, 9.17) is 16.3 Å². The number of piperazine rings is 1. The molecule has 2 fully saturated rings. The second-order valence-corrected chi connectivity index (χ2v) is 13.2. The Bertz CT molecular complexity index is 1530. The molecule has 6 rings (SSSR count). The van der Waals surface area contributed by atoms with Gasteiger partial charge in [0.05, 0.1) is 18.3 Å². The number of benzene rings is 1. The Labute approximate surface area is 241 Å². The Morgan fingerprint density at radius 3 is 2.82 bits per heavy atom. The molecule has 2 aromatic heterocycles. The Balaban J connectivity index is 0.00000308. The third-order valence-corrected chi connectivity index (χ3v) is 10.4. The number of amides is 2. The predicted octanol–water partition coefficient (Wildman–Crippen LogP) is 2.66. The quantitative estimate of drug-likeness (QED) is 0.469. The molecule has 3 aromatic rings. The molecule has 0 bridgehead atoms. The molecule has 3 aliphatic rings. The summed E-state index contributed by atoms with van der Waals surface area (Å²) in [5.41, 5.74) is 1.62. The number of halogens is 2. The van der Waals surface area contributed by atoms with Crippen molar-refractivity contribution in [1.82, 2.24) is 29.0 Å². The van der Waals surface area contributed by atoms with E-state index in [-0.39, 0.29) is 56.1 Å². The normalized spacial score (nSPS) is 20.7. The van der Waals surface area contributed by atoms with E-state index in [1.54, 1.807) is 29.2 Å². The van der Waals surface area contributed by atoms with Crippen LogP contribution >= 0.6 is 35.3 Å². The number of thiazole rings is 1. The molecule has 5 heterocycles. The minimum Gasteiger partial charge on any atom is -0.448 e. The minimum atomic E-state index is -3.90. The maximum atomic E-state index is 13.7. The number of fused-ring (bicyclic) bond motifs is 2. The average molecular weight is 616 g/mol. The van der Waals surface area contributed by atoms with Crippen LogP contribution in [0.1, 0.15) is 20.4 Å². The third-order valence-electron chi connectivity index (χ3n) is 7.26. The Morgan fingerprint density at radius 2 is 2.05 bits per heavy atom. The van der Waals surface area contributed by atoms with Crippen LogP contribution in [0.3, 0.4) is 0 Å². The van der Waals surface area contributed by atoms with Crippen LogP contribution < -0.4 is 0 Å². The molecule has 1 atom stereocenters. The van der Waals surface area contributed by atoms with Gasteiger partial charge in [-0.2, -0.15) is 4.31 Å². The molecule has 2 amide bonds. The molecule has 3 aliphatic heterocycles. The number of cyclic esters (lactones) is 1. The van der Waals surface area contributed by atoms with Crippen molar-refractivity contribution in [2.24, 2.45) is 0 Å². The molecule has 1 N–H and O–H groups in total. The molecular weight excluding hydrogens is 587 g/mol. The van der Waals surface area contributed by atoms with Crippen LogP contribution in [0.4, 0.5) is 4.79 Å². The minimum absolute atomic E-state index is 0. The van der Waals surface area contributed by atoms with Crippen LogP contribution in [0.15, 0.2) is 29.3 Å². The van der Waals surface area contributed by atoms with E-state index in [1.807, 2.05) is 7.05 Å². The van der Waals surface area contributed by atoms with E-state index in [0.717, 1.165) is 30.1 Å².